The molecule has 4 aliphatic carbocycles. The molecule has 2 atom stereocenters. The number of carbonyl (C=O) groups is 2. The molecular weight excluding hydrogens is 436 g/mol. The highest BCUT2D eigenvalue weighted by molar-refractivity contribution is 5.95. The van der Waals surface area contributed by atoms with E-state index in [4.69, 9.17) is 14.6 Å². The van der Waals surface area contributed by atoms with Crippen LogP contribution in [0.2, 0.25) is 0 Å². The number of nitrogens with zero attached hydrogens (tertiary/aromatic N) is 2. The summed E-state index contributed by atoms with van der Waals surface area (Å²) in [5.41, 5.74) is 0.426. The number of nitrogens with one attached hydrogen (secondary N) is 2. The Balaban J connectivity index is 1.29. The van der Waals surface area contributed by atoms with Gasteiger partial charge in [-0.15, -0.1) is 0 Å². The average Bonchev–Trinajstić information content (AvgIpc) is 2.76. The SMILES string of the molecule is Cc1cncc(OC(=O)NC23CC4CC(C2)CC(NC(=O)c2cccc(OCCO)c2)(C4)C3)n1. The Bertz CT molecular complexity index is 1080. The molecule has 6 rings (SSSR count). The van der Waals surface area contributed by atoms with Crippen molar-refractivity contribution >= 4 is 12.0 Å². The van der Waals surface area contributed by atoms with Gasteiger partial charge >= 0.3 is 6.09 Å². The standard InChI is InChI=1S/C25H30N4O5/c1-16-13-26-14-21(27-16)34-23(32)29-25-11-17-7-18(12-25)10-24(9-17,15-25)28-22(31)19-3-2-4-20(8-19)33-6-5-30/h2-4,8,13-14,17-18,30H,5-7,9-12,15H2,1H3,(H,28,31)(H,29,32). The minimum atomic E-state index is -0.531. The number of benzene rings is 1. The maximum absolute atomic E-state index is 13.2. The lowest BCUT2D eigenvalue weighted by atomic mass is 9.50. The van der Waals surface area contributed by atoms with Crippen LogP contribution in [0.25, 0.3) is 0 Å². The van der Waals surface area contributed by atoms with E-state index >= 15 is 0 Å². The van der Waals surface area contributed by atoms with Crippen molar-refractivity contribution < 1.29 is 24.2 Å². The molecule has 3 N–H and O–H groups in total. The van der Waals surface area contributed by atoms with Crippen molar-refractivity contribution in [3.05, 3.63) is 47.9 Å². The molecule has 1 aromatic carbocycles. The fourth-order valence-electron chi connectivity index (χ4n) is 6.59. The lowest BCUT2D eigenvalue weighted by molar-refractivity contribution is -0.0449. The Kier molecular flexibility index (Phi) is 5.89. The van der Waals surface area contributed by atoms with E-state index in [0.717, 1.165) is 32.1 Å². The number of amides is 2. The van der Waals surface area contributed by atoms with Crippen molar-refractivity contribution in [3.63, 3.8) is 0 Å². The number of rotatable bonds is 7. The lowest BCUT2D eigenvalue weighted by Gasteiger charge is -2.62. The van der Waals surface area contributed by atoms with Crippen molar-refractivity contribution in [1.82, 2.24) is 20.6 Å². The lowest BCUT2D eigenvalue weighted by Crippen LogP contribution is -2.70. The molecule has 0 saturated heterocycles. The molecule has 4 aliphatic rings. The number of aryl methyl sites for hydroxylation is 1. The predicted molar refractivity (Wildman–Crippen MR) is 123 cm³/mol. The zero-order valence-electron chi connectivity index (χ0n) is 19.3. The summed E-state index contributed by atoms with van der Waals surface area (Å²) in [6.45, 7) is 1.88. The normalized spacial score (nSPS) is 28.9. The molecule has 2 aromatic rings. The highest BCUT2D eigenvalue weighted by atomic mass is 16.6. The number of aliphatic hydroxyl groups excluding tert-OH is 1. The summed E-state index contributed by atoms with van der Waals surface area (Å²) in [6, 6.07) is 6.99. The van der Waals surface area contributed by atoms with Gasteiger partial charge in [0, 0.05) is 22.8 Å². The van der Waals surface area contributed by atoms with Crippen LogP contribution in [0.3, 0.4) is 0 Å². The molecule has 2 unspecified atom stereocenters. The minimum absolute atomic E-state index is 0.0870. The van der Waals surface area contributed by atoms with Gasteiger partial charge in [0.2, 0.25) is 5.88 Å². The van der Waals surface area contributed by atoms with Gasteiger partial charge in [0.1, 0.15) is 12.4 Å². The Morgan fingerprint density at radius 2 is 1.85 bits per heavy atom. The second-order valence-corrected chi connectivity index (χ2v) is 10.1. The summed E-state index contributed by atoms with van der Waals surface area (Å²) in [4.78, 5) is 34.2. The second-order valence-electron chi connectivity index (χ2n) is 10.1. The van der Waals surface area contributed by atoms with Crippen LogP contribution in [0.1, 0.15) is 54.6 Å². The molecule has 0 spiro atoms. The summed E-state index contributed by atoms with van der Waals surface area (Å²) in [5, 5.41) is 15.4. The molecule has 180 valence electrons. The van der Waals surface area contributed by atoms with E-state index in [1.807, 2.05) is 0 Å². The molecule has 34 heavy (non-hydrogen) atoms. The number of aromatic nitrogens is 2. The fourth-order valence-corrected chi connectivity index (χ4v) is 6.59. The van der Waals surface area contributed by atoms with Crippen molar-refractivity contribution in [2.75, 3.05) is 13.2 Å². The highest BCUT2D eigenvalue weighted by Crippen LogP contribution is 2.57. The Morgan fingerprint density at radius 3 is 2.56 bits per heavy atom. The van der Waals surface area contributed by atoms with E-state index in [0.29, 0.717) is 35.3 Å². The summed E-state index contributed by atoms with van der Waals surface area (Å²) in [6.07, 6.45) is 7.91. The molecule has 0 aliphatic heterocycles. The molecule has 9 nitrogen and oxygen atoms in total. The van der Waals surface area contributed by atoms with Crippen LogP contribution in [0.4, 0.5) is 4.79 Å². The average molecular weight is 467 g/mol. The molecule has 4 fully saturated rings. The summed E-state index contributed by atoms with van der Waals surface area (Å²) in [7, 11) is 0. The van der Waals surface area contributed by atoms with Gasteiger partial charge in [-0.1, -0.05) is 6.07 Å². The van der Waals surface area contributed by atoms with Crippen LogP contribution < -0.4 is 20.1 Å². The summed E-state index contributed by atoms with van der Waals surface area (Å²) in [5.74, 6) is 1.46. The molecule has 4 saturated carbocycles. The third-order valence-electron chi connectivity index (χ3n) is 7.19. The van der Waals surface area contributed by atoms with Crippen molar-refractivity contribution in [2.45, 2.75) is 56.5 Å². The molecule has 1 aromatic heterocycles. The molecular formula is C25H30N4O5. The summed E-state index contributed by atoms with van der Waals surface area (Å²) < 4.78 is 10.9. The van der Waals surface area contributed by atoms with Gasteiger partial charge in [-0.25, -0.2) is 9.78 Å². The Labute approximate surface area is 198 Å². The van der Waals surface area contributed by atoms with Gasteiger partial charge < -0.3 is 25.2 Å². The zero-order valence-corrected chi connectivity index (χ0v) is 19.3. The molecule has 0 radical (unpaired) electrons. The number of hydrogen-bond acceptors (Lipinski definition) is 7. The predicted octanol–water partition coefficient (Wildman–Crippen LogP) is 2.77. The molecule has 1 heterocycles. The topological polar surface area (TPSA) is 123 Å². The van der Waals surface area contributed by atoms with Crippen molar-refractivity contribution in [1.29, 1.82) is 0 Å². The van der Waals surface area contributed by atoms with Crippen molar-refractivity contribution in [3.8, 4) is 11.6 Å². The van der Waals surface area contributed by atoms with E-state index in [1.54, 1.807) is 37.4 Å². The van der Waals surface area contributed by atoms with Crippen LogP contribution in [0.15, 0.2) is 36.7 Å². The van der Waals surface area contributed by atoms with E-state index in [9.17, 15) is 9.59 Å². The quantitative estimate of drug-likeness (QED) is 0.573. The van der Waals surface area contributed by atoms with Gasteiger partial charge in [0.15, 0.2) is 0 Å². The van der Waals surface area contributed by atoms with Gasteiger partial charge in [-0.3, -0.25) is 9.78 Å². The number of hydrogen-bond donors (Lipinski definition) is 3. The first-order valence-corrected chi connectivity index (χ1v) is 11.8. The van der Waals surface area contributed by atoms with Gasteiger partial charge in [0.25, 0.3) is 5.91 Å². The van der Waals surface area contributed by atoms with E-state index in [2.05, 4.69) is 20.6 Å². The van der Waals surface area contributed by atoms with Crippen LogP contribution >= 0.6 is 0 Å². The van der Waals surface area contributed by atoms with Gasteiger partial charge in [-0.2, -0.15) is 0 Å². The van der Waals surface area contributed by atoms with Crippen LogP contribution in [-0.2, 0) is 0 Å². The smallest absolute Gasteiger partial charge is 0.414 e. The third kappa shape index (κ3) is 4.70. The molecule has 2 amide bonds. The first-order valence-electron chi connectivity index (χ1n) is 11.8. The van der Waals surface area contributed by atoms with Gasteiger partial charge in [0.05, 0.1) is 18.5 Å². The number of carbonyl (C=O) groups excluding carboxylic acids is 2. The largest absolute Gasteiger partial charge is 0.491 e. The van der Waals surface area contributed by atoms with E-state index in [-0.39, 0.29) is 30.5 Å². The number of ether oxygens (including phenoxy) is 2. The maximum atomic E-state index is 13.2. The third-order valence-corrected chi connectivity index (χ3v) is 7.19. The van der Waals surface area contributed by atoms with E-state index < -0.39 is 11.6 Å². The Hall–Kier alpha value is -3.20. The first kappa shape index (κ1) is 22.6. The Morgan fingerprint density at radius 1 is 1.12 bits per heavy atom. The summed E-state index contributed by atoms with van der Waals surface area (Å²) >= 11 is 0. The minimum Gasteiger partial charge on any atom is -0.491 e. The second kappa shape index (κ2) is 8.87. The fraction of sp³-hybridized carbons (Fsp3) is 0.520. The first-order chi connectivity index (χ1) is 16.4. The zero-order chi connectivity index (χ0) is 23.8. The van der Waals surface area contributed by atoms with E-state index in [1.165, 1.54) is 6.20 Å². The van der Waals surface area contributed by atoms with Crippen LogP contribution in [-0.4, -0.2) is 51.4 Å². The van der Waals surface area contributed by atoms with Crippen LogP contribution in [0.5, 0.6) is 11.6 Å². The molecule has 9 heteroatoms. The maximum Gasteiger partial charge on any atom is 0.414 e. The van der Waals surface area contributed by atoms with Crippen molar-refractivity contribution in [2.24, 2.45) is 11.8 Å². The van der Waals surface area contributed by atoms with Crippen LogP contribution in [0, 0.1) is 18.8 Å². The monoisotopic (exact) mass is 466 g/mol. The van der Waals surface area contributed by atoms with Gasteiger partial charge in [-0.05, 0) is 75.5 Å². The number of aliphatic hydroxyl groups is 1. The highest BCUT2D eigenvalue weighted by Gasteiger charge is 2.59. The molecule has 4 bridgehead atoms.